The van der Waals surface area contributed by atoms with Crippen LogP contribution in [-0.4, -0.2) is 31.1 Å². The van der Waals surface area contributed by atoms with Crippen molar-refractivity contribution in [3.63, 3.8) is 0 Å². The molecular formula is C13H22ClN3. The van der Waals surface area contributed by atoms with Gasteiger partial charge >= 0.3 is 0 Å². The van der Waals surface area contributed by atoms with Crippen LogP contribution in [0, 0.1) is 0 Å². The summed E-state index contributed by atoms with van der Waals surface area (Å²) in [6, 6.07) is 6.26. The van der Waals surface area contributed by atoms with Crippen LogP contribution in [0.1, 0.15) is 20.3 Å². The minimum atomic E-state index is 0.602. The molecule has 0 saturated heterocycles. The smallest absolute Gasteiger partial charge is 0.0739 e. The fourth-order valence-corrected chi connectivity index (χ4v) is 1.76. The zero-order valence-electron chi connectivity index (χ0n) is 10.8. The summed E-state index contributed by atoms with van der Waals surface area (Å²) in [5.74, 6) is 0. The molecule has 0 aliphatic rings. The largest absolute Gasteiger partial charge is 0.396 e. The Balaban J connectivity index is 2.43. The molecule has 3 N–H and O–H groups in total. The normalized spacial score (nSPS) is 12.8. The Morgan fingerprint density at radius 2 is 2.18 bits per heavy atom. The van der Waals surface area contributed by atoms with Crippen LogP contribution in [0.15, 0.2) is 18.2 Å². The van der Waals surface area contributed by atoms with Gasteiger partial charge in [0.05, 0.1) is 16.4 Å². The number of para-hydroxylation sites is 1. The number of halogens is 1. The topological polar surface area (TPSA) is 41.3 Å². The second-order valence-corrected chi connectivity index (χ2v) is 4.77. The Kier molecular flexibility index (Phi) is 5.59. The van der Waals surface area contributed by atoms with Gasteiger partial charge in [-0.1, -0.05) is 24.6 Å². The molecule has 0 aliphatic heterocycles. The fraction of sp³-hybridized carbons (Fsp3) is 0.538. The van der Waals surface area contributed by atoms with E-state index in [1.807, 2.05) is 12.1 Å². The molecule has 0 saturated carbocycles. The molecule has 1 aromatic rings. The van der Waals surface area contributed by atoms with Gasteiger partial charge in [0.15, 0.2) is 0 Å². The van der Waals surface area contributed by atoms with E-state index in [9.17, 15) is 0 Å². The highest BCUT2D eigenvalue weighted by Crippen LogP contribution is 2.26. The van der Waals surface area contributed by atoms with Crippen molar-refractivity contribution in [1.29, 1.82) is 0 Å². The Morgan fingerprint density at radius 3 is 2.82 bits per heavy atom. The highest BCUT2D eigenvalue weighted by molar-refractivity contribution is 6.33. The number of nitrogens with zero attached hydrogens (tertiary/aromatic N) is 1. The predicted octanol–water partition coefficient (Wildman–Crippen LogP) is 3.06. The van der Waals surface area contributed by atoms with Crippen molar-refractivity contribution in [2.24, 2.45) is 0 Å². The van der Waals surface area contributed by atoms with E-state index in [2.05, 4.69) is 31.1 Å². The van der Waals surface area contributed by atoms with Crippen LogP contribution in [0.3, 0.4) is 0 Å². The first-order valence-corrected chi connectivity index (χ1v) is 6.42. The molecule has 0 fully saturated rings. The zero-order chi connectivity index (χ0) is 12.8. The van der Waals surface area contributed by atoms with Crippen LogP contribution in [0.5, 0.6) is 0 Å². The van der Waals surface area contributed by atoms with Crippen molar-refractivity contribution >= 4 is 23.0 Å². The van der Waals surface area contributed by atoms with Gasteiger partial charge in [-0.05, 0) is 32.5 Å². The van der Waals surface area contributed by atoms with Crippen molar-refractivity contribution < 1.29 is 0 Å². The van der Waals surface area contributed by atoms with Gasteiger partial charge in [-0.25, -0.2) is 0 Å². The van der Waals surface area contributed by atoms with Crippen LogP contribution < -0.4 is 11.1 Å². The van der Waals surface area contributed by atoms with E-state index in [1.54, 1.807) is 6.07 Å². The molecule has 3 nitrogen and oxygen atoms in total. The fourth-order valence-electron chi connectivity index (χ4n) is 1.59. The molecule has 17 heavy (non-hydrogen) atoms. The van der Waals surface area contributed by atoms with E-state index in [1.165, 1.54) is 0 Å². The monoisotopic (exact) mass is 255 g/mol. The molecule has 1 unspecified atom stereocenters. The van der Waals surface area contributed by atoms with Gasteiger partial charge in [0.1, 0.15) is 0 Å². The lowest BCUT2D eigenvalue weighted by Crippen LogP contribution is -2.32. The van der Waals surface area contributed by atoms with Crippen LogP contribution >= 0.6 is 11.6 Å². The Labute approximate surface area is 109 Å². The molecule has 1 atom stereocenters. The number of benzene rings is 1. The maximum Gasteiger partial charge on any atom is 0.0739 e. The van der Waals surface area contributed by atoms with E-state index >= 15 is 0 Å². The van der Waals surface area contributed by atoms with Crippen molar-refractivity contribution in [3.05, 3.63) is 23.2 Å². The second kappa shape index (κ2) is 6.72. The maximum atomic E-state index is 5.95. The number of hydrogen-bond acceptors (Lipinski definition) is 3. The summed E-state index contributed by atoms with van der Waals surface area (Å²) >= 11 is 5.95. The average Bonchev–Trinajstić information content (AvgIpc) is 2.33. The lowest BCUT2D eigenvalue weighted by molar-refractivity contribution is 0.261. The number of rotatable bonds is 6. The second-order valence-electron chi connectivity index (χ2n) is 4.37. The van der Waals surface area contributed by atoms with Gasteiger partial charge in [-0.15, -0.1) is 0 Å². The lowest BCUT2D eigenvalue weighted by Gasteiger charge is -2.23. The molecule has 0 heterocycles. The number of likely N-dealkylation sites (N-methyl/N-ethyl adjacent to an activating group) is 1. The van der Waals surface area contributed by atoms with E-state index in [4.69, 9.17) is 17.3 Å². The minimum absolute atomic E-state index is 0.602. The van der Waals surface area contributed by atoms with Crippen LogP contribution in [0.4, 0.5) is 11.4 Å². The van der Waals surface area contributed by atoms with Crippen molar-refractivity contribution in [2.75, 3.05) is 31.2 Å². The summed E-state index contributed by atoms with van der Waals surface area (Å²) in [5.41, 5.74) is 7.41. The van der Waals surface area contributed by atoms with Crippen molar-refractivity contribution in [2.45, 2.75) is 26.3 Å². The number of nitrogens with one attached hydrogen (secondary N) is 1. The van der Waals surface area contributed by atoms with Crippen LogP contribution in [0.25, 0.3) is 0 Å². The van der Waals surface area contributed by atoms with E-state index in [0.717, 1.165) is 25.2 Å². The van der Waals surface area contributed by atoms with Gasteiger partial charge in [0.2, 0.25) is 0 Å². The van der Waals surface area contributed by atoms with Crippen molar-refractivity contribution in [3.8, 4) is 0 Å². The molecular weight excluding hydrogens is 234 g/mol. The Hall–Kier alpha value is -0.930. The minimum Gasteiger partial charge on any atom is -0.396 e. The quantitative estimate of drug-likeness (QED) is 0.768. The molecule has 1 rings (SSSR count). The van der Waals surface area contributed by atoms with E-state index in [-0.39, 0.29) is 0 Å². The summed E-state index contributed by atoms with van der Waals surface area (Å²) in [4.78, 5) is 2.33. The first-order chi connectivity index (χ1) is 8.06. The molecule has 0 radical (unpaired) electrons. The molecule has 0 amide bonds. The third-order valence-electron chi connectivity index (χ3n) is 3.18. The number of nitrogen functional groups attached to an aromatic ring is 1. The highest BCUT2D eigenvalue weighted by atomic mass is 35.5. The molecule has 4 heteroatoms. The van der Waals surface area contributed by atoms with Gasteiger partial charge in [0, 0.05) is 19.1 Å². The predicted molar refractivity (Wildman–Crippen MR) is 76.7 cm³/mol. The molecule has 96 valence electrons. The van der Waals surface area contributed by atoms with E-state index < -0.39 is 0 Å². The first kappa shape index (κ1) is 14.1. The van der Waals surface area contributed by atoms with Gasteiger partial charge in [0.25, 0.3) is 0 Å². The molecule has 0 bridgehead atoms. The first-order valence-electron chi connectivity index (χ1n) is 6.04. The Bertz CT molecular complexity index is 355. The SMILES string of the molecule is CCC(C)N(C)CCNc1cccc(Cl)c1N. The molecule has 1 aromatic carbocycles. The lowest BCUT2D eigenvalue weighted by atomic mass is 10.2. The van der Waals surface area contributed by atoms with Crippen LogP contribution in [-0.2, 0) is 0 Å². The number of anilines is 2. The zero-order valence-corrected chi connectivity index (χ0v) is 11.6. The summed E-state index contributed by atoms with van der Waals surface area (Å²) in [7, 11) is 2.14. The standard InChI is InChI=1S/C13H22ClN3/c1-4-10(2)17(3)9-8-16-12-7-5-6-11(14)13(12)15/h5-7,10,16H,4,8-9,15H2,1-3H3. The Morgan fingerprint density at radius 1 is 1.47 bits per heavy atom. The van der Waals surface area contributed by atoms with Crippen molar-refractivity contribution in [1.82, 2.24) is 4.90 Å². The summed E-state index contributed by atoms with van der Waals surface area (Å²) in [5, 5.41) is 3.91. The maximum absolute atomic E-state index is 5.95. The summed E-state index contributed by atoms with van der Waals surface area (Å²) in [6.45, 7) is 6.28. The summed E-state index contributed by atoms with van der Waals surface area (Å²) in [6.07, 6.45) is 1.16. The number of nitrogens with two attached hydrogens (primary N) is 1. The van der Waals surface area contributed by atoms with Gasteiger partial charge in [-0.2, -0.15) is 0 Å². The molecule has 0 aliphatic carbocycles. The molecule has 0 aromatic heterocycles. The van der Waals surface area contributed by atoms with E-state index in [0.29, 0.717) is 16.8 Å². The van der Waals surface area contributed by atoms with Crippen LogP contribution in [0.2, 0.25) is 5.02 Å². The highest BCUT2D eigenvalue weighted by Gasteiger charge is 2.06. The van der Waals surface area contributed by atoms with Gasteiger partial charge < -0.3 is 16.0 Å². The average molecular weight is 256 g/mol. The molecule has 0 spiro atoms. The summed E-state index contributed by atoms with van der Waals surface area (Å²) < 4.78 is 0. The number of hydrogen-bond donors (Lipinski definition) is 2. The van der Waals surface area contributed by atoms with Gasteiger partial charge in [-0.3, -0.25) is 0 Å². The third kappa shape index (κ3) is 4.10. The third-order valence-corrected chi connectivity index (χ3v) is 3.51.